The molecular weight excluding hydrogens is 290 g/mol. The van der Waals surface area contributed by atoms with Gasteiger partial charge in [0.1, 0.15) is 0 Å². The predicted octanol–water partition coefficient (Wildman–Crippen LogP) is 2.95. The van der Waals surface area contributed by atoms with E-state index >= 15 is 0 Å². The third kappa shape index (κ3) is 3.00. The maximum absolute atomic E-state index is 4.41. The molecule has 4 heteroatoms. The van der Waals surface area contributed by atoms with Crippen LogP contribution in [0.5, 0.6) is 0 Å². The van der Waals surface area contributed by atoms with Crippen molar-refractivity contribution in [2.75, 3.05) is 0 Å². The Morgan fingerprint density at radius 1 is 1.33 bits per heavy atom. The molecule has 1 fully saturated rings. The first-order chi connectivity index (χ1) is 8.81. The Labute approximate surface area is 115 Å². The average molecular weight is 306 g/mol. The summed E-state index contributed by atoms with van der Waals surface area (Å²) >= 11 is 3.41. The first-order valence-electron chi connectivity index (χ1n) is 6.29. The van der Waals surface area contributed by atoms with E-state index in [1.807, 2.05) is 12.3 Å². The average Bonchev–Trinajstić information content (AvgIpc) is 3.11. The van der Waals surface area contributed by atoms with E-state index in [4.69, 9.17) is 0 Å². The standard InChI is InChI=1S/C14H16BrN3/c15-11-3-4-13(16-8-11)10-18-7-1-2-14(18)9-17-12-5-6-12/h1-4,7-8,12,17H,5-6,9-10H2. The predicted molar refractivity (Wildman–Crippen MR) is 75.3 cm³/mol. The molecule has 0 unspecified atom stereocenters. The topological polar surface area (TPSA) is 29.9 Å². The van der Waals surface area contributed by atoms with Crippen molar-refractivity contribution in [3.63, 3.8) is 0 Å². The summed E-state index contributed by atoms with van der Waals surface area (Å²) in [5.74, 6) is 0. The lowest BCUT2D eigenvalue weighted by Gasteiger charge is -2.09. The van der Waals surface area contributed by atoms with Gasteiger partial charge < -0.3 is 9.88 Å². The van der Waals surface area contributed by atoms with Gasteiger partial charge in [-0.15, -0.1) is 0 Å². The van der Waals surface area contributed by atoms with Crippen LogP contribution in [0.4, 0.5) is 0 Å². The van der Waals surface area contributed by atoms with E-state index in [0.29, 0.717) is 0 Å². The zero-order chi connectivity index (χ0) is 12.4. The van der Waals surface area contributed by atoms with Crippen molar-refractivity contribution >= 4 is 15.9 Å². The van der Waals surface area contributed by atoms with Crippen LogP contribution < -0.4 is 5.32 Å². The Bertz CT molecular complexity index is 514. The molecule has 1 N–H and O–H groups in total. The van der Waals surface area contributed by atoms with Crippen LogP contribution in [0, 0.1) is 0 Å². The van der Waals surface area contributed by atoms with Crippen LogP contribution in [0.1, 0.15) is 24.2 Å². The van der Waals surface area contributed by atoms with E-state index in [1.54, 1.807) is 0 Å². The highest BCUT2D eigenvalue weighted by Gasteiger charge is 2.20. The van der Waals surface area contributed by atoms with Crippen LogP contribution in [0.2, 0.25) is 0 Å². The van der Waals surface area contributed by atoms with Crippen molar-refractivity contribution in [1.29, 1.82) is 0 Å². The molecule has 2 aromatic heterocycles. The minimum Gasteiger partial charge on any atom is -0.344 e. The number of hydrogen-bond donors (Lipinski definition) is 1. The molecule has 2 heterocycles. The molecule has 0 atom stereocenters. The number of halogens is 1. The monoisotopic (exact) mass is 305 g/mol. The van der Waals surface area contributed by atoms with E-state index in [0.717, 1.165) is 29.3 Å². The Morgan fingerprint density at radius 2 is 2.22 bits per heavy atom. The van der Waals surface area contributed by atoms with Gasteiger partial charge >= 0.3 is 0 Å². The van der Waals surface area contributed by atoms with Crippen molar-refractivity contribution < 1.29 is 0 Å². The van der Waals surface area contributed by atoms with Gasteiger partial charge in [0.25, 0.3) is 0 Å². The van der Waals surface area contributed by atoms with Crippen molar-refractivity contribution in [3.05, 3.63) is 52.5 Å². The molecule has 0 amide bonds. The lowest BCUT2D eigenvalue weighted by molar-refractivity contribution is 0.630. The molecule has 0 spiro atoms. The van der Waals surface area contributed by atoms with Gasteiger partial charge in [-0.25, -0.2) is 0 Å². The Morgan fingerprint density at radius 3 is 2.94 bits per heavy atom. The Hall–Kier alpha value is -1.13. The minimum atomic E-state index is 0.749. The fourth-order valence-electron chi connectivity index (χ4n) is 1.98. The summed E-state index contributed by atoms with van der Waals surface area (Å²) in [7, 11) is 0. The van der Waals surface area contributed by atoms with Crippen molar-refractivity contribution in [2.24, 2.45) is 0 Å². The highest BCUT2D eigenvalue weighted by Crippen LogP contribution is 2.19. The third-order valence-corrected chi connectivity index (χ3v) is 3.66. The zero-order valence-corrected chi connectivity index (χ0v) is 11.7. The molecule has 18 heavy (non-hydrogen) atoms. The first-order valence-corrected chi connectivity index (χ1v) is 7.08. The van der Waals surface area contributed by atoms with Gasteiger partial charge in [0.2, 0.25) is 0 Å². The maximum atomic E-state index is 4.41. The number of aromatic nitrogens is 2. The molecule has 0 saturated heterocycles. The van der Waals surface area contributed by atoms with Crippen molar-refractivity contribution in [3.8, 4) is 0 Å². The van der Waals surface area contributed by atoms with E-state index in [9.17, 15) is 0 Å². The summed E-state index contributed by atoms with van der Waals surface area (Å²) in [5, 5.41) is 3.55. The van der Waals surface area contributed by atoms with Gasteiger partial charge in [0.15, 0.2) is 0 Å². The Balaban J connectivity index is 1.67. The summed E-state index contributed by atoms with van der Waals surface area (Å²) < 4.78 is 3.28. The second kappa shape index (κ2) is 5.24. The molecule has 3 rings (SSSR count). The molecular formula is C14H16BrN3. The lowest BCUT2D eigenvalue weighted by atomic mass is 10.3. The molecule has 1 aliphatic carbocycles. The second-order valence-electron chi connectivity index (χ2n) is 4.75. The van der Waals surface area contributed by atoms with Gasteiger partial charge in [0.05, 0.1) is 12.2 Å². The maximum Gasteiger partial charge on any atom is 0.0645 e. The molecule has 0 aromatic carbocycles. The van der Waals surface area contributed by atoms with Crippen LogP contribution in [0.3, 0.4) is 0 Å². The van der Waals surface area contributed by atoms with Gasteiger partial charge in [-0.05, 0) is 53.0 Å². The van der Waals surface area contributed by atoms with Crippen LogP contribution in [0.15, 0.2) is 41.1 Å². The van der Waals surface area contributed by atoms with Crippen LogP contribution in [-0.2, 0) is 13.1 Å². The molecule has 2 aromatic rings. The highest BCUT2D eigenvalue weighted by molar-refractivity contribution is 9.10. The molecule has 94 valence electrons. The van der Waals surface area contributed by atoms with E-state index < -0.39 is 0 Å². The number of pyridine rings is 1. The SMILES string of the molecule is Brc1ccc(Cn2cccc2CNC2CC2)nc1. The smallest absolute Gasteiger partial charge is 0.0645 e. The minimum absolute atomic E-state index is 0.749. The Kier molecular flexibility index (Phi) is 3.48. The summed E-state index contributed by atoms with van der Waals surface area (Å²) in [6, 6.07) is 9.12. The zero-order valence-electron chi connectivity index (χ0n) is 10.1. The normalized spacial score (nSPS) is 14.9. The summed E-state index contributed by atoms with van der Waals surface area (Å²) in [6.07, 6.45) is 6.62. The van der Waals surface area contributed by atoms with E-state index in [1.165, 1.54) is 18.5 Å². The lowest BCUT2D eigenvalue weighted by Crippen LogP contribution is -2.18. The van der Waals surface area contributed by atoms with Crippen molar-refractivity contribution in [1.82, 2.24) is 14.9 Å². The van der Waals surface area contributed by atoms with Gasteiger partial charge in [-0.3, -0.25) is 4.98 Å². The quantitative estimate of drug-likeness (QED) is 0.920. The fraction of sp³-hybridized carbons (Fsp3) is 0.357. The van der Waals surface area contributed by atoms with Crippen molar-refractivity contribution in [2.45, 2.75) is 32.0 Å². The molecule has 0 aliphatic heterocycles. The molecule has 0 radical (unpaired) electrons. The van der Waals surface area contributed by atoms with Gasteiger partial charge in [0, 0.05) is 35.1 Å². The number of hydrogen-bond acceptors (Lipinski definition) is 2. The van der Waals surface area contributed by atoms with E-state index in [2.05, 4.69) is 55.2 Å². The largest absolute Gasteiger partial charge is 0.344 e. The third-order valence-electron chi connectivity index (χ3n) is 3.19. The number of nitrogens with one attached hydrogen (secondary N) is 1. The van der Waals surface area contributed by atoms with Crippen LogP contribution >= 0.6 is 15.9 Å². The molecule has 0 bridgehead atoms. The number of rotatable bonds is 5. The summed E-state index contributed by atoms with van der Waals surface area (Å²) in [5.41, 5.74) is 2.41. The van der Waals surface area contributed by atoms with Crippen LogP contribution in [-0.4, -0.2) is 15.6 Å². The summed E-state index contributed by atoms with van der Waals surface area (Å²) in [6.45, 7) is 1.79. The van der Waals surface area contributed by atoms with Gasteiger partial charge in [-0.2, -0.15) is 0 Å². The second-order valence-corrected chi connectivity index (χ2v) is 5.67. The van der Waals surface area contributed by atoms with E-state index in [-0.39, 0.29) is 0 Å². The molecule has 3 nitrogen and oxygen atoms in total. The highest BCUT2D eigenvalue weighted by atomic mass is 79.9. The molecule has 1 aliphatic rings. The first kappa shape index (κ1) is 11.9. The van der Waals surface area contributed by atoms with Gasteiger partial charge in [-0.1, -0.05) is 0 Å². The summed E-state index contributed by atoms with van der Waals surface area (Å²) in [4.78, 5) is 4.41. The molecule has 1 saturated carbocycles. The number of nitrogens with zero attached hydrogens (tertiary/aromatic N) is 2. The van der Waals surface area contributed by atoms with Crippen LogP contribution in [0.25, 0.3) is 0 Å². The fourth-order valence-corrected chi connectivity index (χ4v) is 2.21.